The average Bonchev–Trinajstić information content (AvgIpc) is 3.28. The minimum absolute atomic E-state index is 0.176. The standard InChI is InChI=1S/C28H35N3O4S/c1-3-35-28(32)22-11-14-26-25(19-22)29-27(31(26)23-7-5-4-6-8-23)21-15-17-30(18-16-21)36(33,34)24-12-9-20(2)10-13-24/h9-14,19,21,23H,3-8,15-18H2,1-2H3. The molecule has 0 atom stereocenters. The lowest BCUT2D eigenvalue weighted by molar-refractivity contribution is 0.0526. The Morgan fingerprint density at radius 1 is 1.00 bits per heavy atom. The highest BCUT2D eigenvalue weighted by Gasteiger charge is 2.33. The number of aromatic nitrogens is 2. The molecule has 3 aromatic rings. The summed E-state index contributed by atoms with van der Waals surface area (Å²) in [5.74, 6) is 0.878. The molecular formula is C28H35N3O4S. The number of carbonyl (C=O) groups is 1. The summed E-state index contributed by atoms with van der Waals surface area (Å²) < 4.78 is 35.6. The van der Waals surface area contributed by atoms with Crippen molar-refractivity contribution in [2.24, 2.45) is 0 Å². The first kappa shape index (κ1) is 25.0. The number of aryl methyl sites for hydroxylation is 1. The fraction of sp³-hybridized carbons (Fsp3) is 0.500. The van der Waals surface area contributed by atoms with Gasteiger partial charge < -0.3 is 9.30 Å². The van der Waals surface area contributed by atoms with E-state index in [4.69, 9.17) is 9.72 Å². The van der Waals surface area contributed by atoms with Crippen LogP contribution in [0.4, 0.5) is 0 Å². The van der Waals surface area contributed by atoms with Crippen LogP contribution in [0, 0.1) is 6.92 Å². The predicted octanol–water partition coefficient (Wildman–Crippen LogP) is 5.59. The lowest BCUT2D eigenvalue weighted by Gasteiger charge is -2.33. The maximum absolute atomic E-state index is 13.2. The van der Waals surface area contributed by atoms with Gasteiger partial charge in [-0.25, -0.2) is 18.2 Å². The Labute approximate surface area is 213 Å². The first-order valence-corrected chi connectivity index (χ1v) is 14.6. The molecule has 1 aliphatic carbocycles. The van der Waals surface area contributed by atoms with Gasteiger partial charge in [0.15, 0.2) is 0 Å². The smallest absolute Gasteiger partial charge is 0.338 e. The predicted molar refractivity (Wildman–Crippen MR) is 140 cm³/mol. The molecular weight excluding hydrogens is 474 g/mol. The van der Waals surface area contributed by atoms with Gasteiger partial charge in [0.2, 0.25) is 10.0 Å². The summed E-state index contributed by atoms with van der Waals surface area (Å²) in [4.78, 5) is 17.7. The van der Waals surface area contributed by atoms with Crippen molar-refractivity contribution in [2.45, 2.75) is 75.6 Å². The van der Waals surface area contributed by atoms with Crippen LogP contribution in [0.15, 0.2) is 47.4 Å². The van der Waals surface area contributed by atoms with Crippen LogP contribution in [-0.2, 0) is 14.8 Å². The van der Waals surface area contributed by atoms with E-state index in [2.05, 4.69) is 4.57 Å². The van der Waals surface area contributed by atoms with Gasteiger partial charge in [-0.2, -0.15) is 4.31 Å². The van der Waals surface area contributed by atoms with Gasteiger partial charge in [-0.15, -0.1) is 0 Å². The Bertz CT molecular complexity index is 1330. The molecule has 2 fully saturated rings. The summed E-state index contributed by atoms with van der Waals surface area (Å²) in [6.07, 6.45) is 7.38. The lowest BCUT2D eigenvalue weighted by Crippen LogP contribution is -2.38. The molecule has 2 aromatic carbocycles. The maximum atomic E-state index is 13.2. The second-order valence-corrected chi connectivity index (χ2v) is 12.0. The van der Waals surface area contributed by atoms with Crippen molar-refractivity contribution >= 4 is 27.0 Å². The molecule has 0 amide bonds. The van der Waals surface area contributed by atoms with Crippen LogP contribution < -0.4 is 0 Å². The number of ether oxygens (including phenoxy) is 1. The Morgan fingerprint density at radius 3 is 2.36 bits per heavy atom. The van der Waals surface area contributed by atoms with Crippen LogP contribution in [0.5, 0.6) is 0 Å². The number of rotatable bonds is 6. The van der Waals surface area contributed by atoms with Crippen molar-refractivity contribution in [2.75, 3.05) is 19.7 Å². The molecule has 2 aliphatic rings. The molecule has 1 saturated heterocycles. The molecule has 1 aliphatic heterocycles. The first-order chi connectivity index (χ1) is 17.4. The summed E-state index contributed by atoms with van der Waals surface area (Å²) >= 11 is 0. The molecule has 0 bridgehead atoms. The molecule has 36 heavy (non-hydrogen) atoms. The molecule has 0 N–H and O–H groups in total. The summed E-state index contributed by atoms with van der Waals surface area (Å²) in [6, 6.07) is 13.1. The van der Waals surface area contributed by atoms with Crippen LogP contribution >= 0.6 is 0 Å². The molecule has 1 saturated carbocycles. The summed E-state index contributed by atoms with van der Waals surface area (Å²) in [5.41, 5.74) is 3.43. The van der Waals surface area contributed by atoms with E-state index in [-0.39, 0.29) is 11.9 Å². The van der Waals surface area contributed by atoms with Crippen molar-refractivity contribution < 1.29 is 17.9 Å². The van der Waals surface area contributed by atoms with Crippen LogP contribution in [-0.4, -0.2) is 47.9 Å². The lowest BCUT2D eigenvalue weighted by atomic mass is 9.93. The van der Waals surface area contributed by atoms with Crippen LogP contribution in [0.1, 0.15) is 85.6 Å². The highest BCUT2D eigenvalue weighted by atomic mass is 32.2. The highest BCUT2D eigenvalue weighted by molar-refractivity contribution is 7.89. The van der Waals surface area contributed by atoms with Gasteiger partial charge in [-0.05, 0) is 69.9 Å². The van der Waals surface area contributed by atoms with E-state index in [0.29, 0.717) is 36.2 Å². The highest BCUT2D eigenvalue weighted by Crippen LogP contribution is 2.38. The summed E-state index contributed by atoms with van der Waals surface area (Å²) in [7, 11) is -3.51. The van der Waals surface area contributed by atoms with Crippen LogP contribution in [0.3, 0.4) is 0 Å². The van der Waals surface area contributed by atoms with Crippen LogP contribution in [0.25, 0.3) is 11.0 Å². The van der Waals surface area contributed by atoms with E-state index >= 15 is 0 Å². The fourth-order valence-corrected chi connectivity index (χ4v) is 7.15. The quantitative estimate of drug-likeness (QED) is 0.404. The third kappa shape index (κ3) is 4.81. The molecule has 8 heteroatoms. The van der Waals surface area contributed by atoms with Gasteiger partial charge >= 0.3 is 5.97 Å². The number of hydrogen-bond donors (Lipinski definition) is 0. The third-order valence-electron chi connectivity index (χ3n) is 7.65. The molecule has 2 heterocycles. The fourth-order valence-electron chi connectivity index (χ4n) is 5.68. The molecule has 0 spiro atoms. The Hall–Kier alpha value is -2.71. The van der Waals surface area contributed by atoms with Gasteiger partial charge in [0.05, 0.1) is 28.1 Å². The van der Waals surface area contributed by atoms with E-state index in [1.165, 1.54) is 19.3 Å². The molecule has 0 unspecified atom stereocenters. The van der Waals surface area contributed by atoms with E-state index in [1.807, 2.05) is 37.3 Å². The van der Waals surface area contributed by atoms with Crippen molar-refractivity contribution in [1.29, 1.82) is 0 Å². The molecule has 7 nitrogen and oxygen atoms in total. The average molecular weight is 510 g/mol. The van der Waals surface area contributed by atoms with E-state index in [0.717, 1.165) is 48.1 Å². The van der Waals surface area contributed by atoms with Crippen molar-refractivity contribution in [3.63, 3.8) is 0 Å². The Kier molecular flexibility index (Phi) is 7.17. The molecule has 1 aromatic heterocycles. The van der Waals surface area contributed by atoms with Crippen molar-refractivity contribution in [3.05, 3.63) is 59.4 Å². The normalized spacial score (nSPS) is 18.5. The van der Waals surface area contributed by atoms with Gasteiger partial charge in [-0.1, -0.05) is 37.0 Å². The molecule has 192 valence electrons. The van der Waals surface area contributed by atoms with E-state index < -0.39 is 10.0 Å². The number of nitrogens with zero attached hydrogens (tertiary/aromatic N) is 3. The number of fused-ring (bicyclic) bond motifs is 1. The largest absolute Gasteiger partial charge is 0.462 e. The molecule has 0 radical (unpaired) electrons. The SMILES string of the molecule is CCOC(=O)c1ccc2c(c1)nc(C1CCN(S(=O)(=O)c3ccc(C)cc3)CC1)n2C1CCCCC1. The molecule has 5 rings (SSSR count). The number of imidazole rings is 1. The number of benzene rings is 2. The number of carbonyl (C=O) groups excluding carboxylic acids is 1. The summed E-state index contributed by atoms with van der Waals surface area (Å²) in [6.45, 7) is 5.04. The van der Waals surface area contributed by atoms with Gasteiger partial charge in [0.25, 0.3) is 0 Å². The summed E-state index contributed by atoms with van der Waals surface area (Å²) in [5, 5.41) is 0. The number of hydrogen-bond acceptors (Lipinski definition) is 5. The Balaban J connectivity index is 1.43. The minimum Gasteiger partial charge on any atom is -0.462 e. The zero-order chi connectivity index (χ0) is 25.3. The third-order valence-corrected chi connectivity index (χ3v) is 9.56. The van der Waals surface area contributed by atoms with Gasteiger partial charge in [-0.3, -0.25) is 0 Å². The van der Waals surface area contributed by atoms with Crippen molar-refractivity contribution in [1.82, 2.24) is 13.9 Å². The number of piperidine rings is 1. The maximum Gasteiger partial charge on any atom is 0.338 e. The Morgan fingerprint density at radius 2 is 1.69 bits per heavy atom. The van der Waals surface area contributed by atoms with Gasteiger partial charge in [0, 0.05) is 25.0 Å². The topological polar surface area (TPSA) is 81.5 Å². The van der Waals surface area contributed by atoms with Crippen LogP contribution in [0.2, 0.25) is 0 Å². The zero-order valence-electron chi connectivity index (χ0n) is 21.2. The monoisotopic (exact) mass is 509 g/mol. The van der Waals surface area contributed by atoms with E-state index in [9.17, 15) is 13.2 Å². The minimum atomic E-state index is -3.51. The first-order valence-electron chi connectivity index (χ1n) is 13.1. The van der Waals surface area contributed by atoms with Gasteiger partial charge in [0.1, 0.15) is 5.82 Å². The van der Waals surface area contributed by atoms with Crippen molar-refractivity contribution in [3.8, 4) is 0 Å². The van der Waals surface area contributed by atoms with E-state index in [1.54, 1.807) is 23.4 Å². The number of esters is 1. The number of sulfonamides is 1. The second-order valence-electron chi connectivity index (χ2n) is 10.0. The second kappa shape index (κ2) is 10.3. The zero-order valence-corrected chi connectivity index (χ0v) is 22.0.